The van der Waals surface area contributed by atoms with Gasteiger partial charge in [-0.15, -0.1) is 0 Å². The van der Waals surface area contributed by atoms with Crippen molar-refractivity contribution in [2.24, 2.45) is 11.8 Å². The van der Waals surface area contributed by atoms with Gasteiger partial charge in [-0.25, -0.2) is 13.1 Å². The first kappa shape index (κ1) is 23.2. The molecule has 1 fully saturated rings. The highest BCUT2D eigenvalue weighted by Crippen LogP contribution is 2.18. The third-order valence-electron chi connectivity index (χ3n) is 4.63. The third-order valence-corrected chi connectivity index (χ3v) is 6.12. The second-order valence-electron chi connectivity index (χ2n) is 7.51. The summed E-state index contributed by atoms with van der Waals surface area (Å²) in [5.41, 5.74) is 0. The van der Waals surface area contributed by atoms with E-state index in [4.69, 9.17) is 4.74 Å². The molecule has 1 aliphatic heterocycles. The number of sulfonamides is 1. The number of ether oxygens (including phenoxy) is 1. The van der Waals surface area contributed by atoms with Crippen LogP contribution in [0.1, 0.15) is 33.1 Å². The molecule has 0 aliphatic carbocycles. The Kier molecular flexibility index (Phi) is 8.48. The normalized spacial score (nSPS) is 19.8. The van der Waals surface area contributed by atoms with Gasteiger partial charge in [0.15, 0.2) is 5.78 Å². The van der Waals surface area contributed by atoms with E-state index in [-0.39, 0.29) is 43.2 Å². The average Bonchev–Trinajstić information content (AvgIpc) is 2.74. The molecule has 1 aliphatic rings. The SMILES string of the molecule is CC(C)CC(NS(=O)(=O)c1ccccc1)C(=O)CC1CCOCCNC(=O)C1=O. The van der Waals surface area contributed by atoms with Gasteiger partial charge in [0.2, 0.25) is 15.8 Å². The Morgan fingerprint density at radius 3 is 2.55 bits per heavy atom. The molecule has 2 N–H and O–H groups in total. The molecule has 1 amide bonds. The van der Waals surface area contributed by atoms with Crippen LogP contribution in [0.3, 0.4) is 0 Å². The fourth-order valence-corrected chi connectivity index (χ4v) is 4.37. The maximum absolute atomic E-state index is 12.9. The van der Waals surface area contributed by atoms with Crippen molar-refractivity contribution >= 4 is 27.5 Å². The predicted molar refractivity (Wildman–Crippen MR) is 107 cm³/mol. The molecule has 0 radical (unpaired) electrons. The van der Waals surface area contributed by atoms with Crippen LogP contribution in [0, 0.1) is 11.8 Å². The van der Waals surface area contributed by atoms with Crippen LogP contribution in [-0.2, 0) is 29.1 Å². The molecule has 1 aromatic rings. The summed E-state index contributed by atoms with van der Waals surface area (Å²) in [6.07, 6.45) is 0.302. The lowest BCUT2D eigenvalue weighted by Crippen LogP contribution is -2.44. The largest absolute Gasteiger partial charge is 0.380 e. The Bertz CT molecular complexity index is 823. The zero-order valence-corrected chi connectivity index (χ0v) is 17.5. The Balaban J connectivity index is 2.17. The first-order chi connectivity index (χ1) is 13.7. The Labute approximate surface area is 171 Å². The molecule has 2 unspecified atom stereocenters. The lowest BCUT2D eigenvalue weighted by atomic mass is 9.89. The van der Waals surface area contributed by atoms with Crippen LogP contribution in [0.4, 0.5) is 0 Å². The Morgan fingerprint density at radius 1 is 1.21 bits per heavy atom. The first-order valence-corrected chi connectivity index (χ1v) is 11.2. The van der Waals surface area contributed by atoms with Gasteiger partial charge in [0.25, 0.3) is 5.91 Å². The van der Waals surface area contributed by atoms with Gasteiger partial charge in [-0.1, -0.05) is 32.0 Å². The van der Waals surface area contributed by atoms with Crippen molar-refractivity contribution < 1.29 is 27.5 Å². The minimum Gasteiger partial charge on any atom is -0.380 e. The van der Waals surface area contributed by atoms with E-state index in [2.05, 4.69) is 10.0 Å². The van der Waals surface area contributed by atoms with E-state index >= 15 is 0 Å². The number of carbonyl (C=O) groups excluding carboxylic acids is 3. The van der Waals surface area contributed by atoms with Crippen molar-refractivity contribution in [2.75, 3.05) is 19.8 Å². The standard InChI is InChI=1S/C20H28N2O6S/c1-14(2)12-17(22-29(26,27)16-6-4-3-5-7-16)18(23)13-15-8-10-28-11-9-21-20(25)19(15)24/h3-7,14-15,17,22H,8-13H2,1-2H3,(H,21,25). The summed E-state index contributed by atoms with van der Waals surface area (Å²) in [6, 6.07) is 6.81. The highest BCUT2D eigenvalue weighted by molar-refractivity contribution is 7.89. The fourth-order valence-electron chi connectivity index (χ4n) is 3.12. The van der Waals surface area contributed by atoms with Gasteiger partial charge in [0.1, 0.15) is 0 Å². The maximum Gasteiger partial charge on any atom is 0.287 e. The maximum atomic E-state index is 12.9. The van der Waals surface area contributed by atoms with Crippen LogP contribution in [0.5, 0.6) is 0 Å². The molecular formula is C20H28N2O6S. The van der Waals surface area contributed by atoms with Gasteiger partial charge in [-0.3, -0.25) is 14.4 Å². The van der Waals surface area contributed by atoms with Crippen molar-refractivity contribution in [2.45, 2.75) is 44.0 Å². The van der Waals surface area contributed by atoms with E-state index < -0.39 is 39.5 Å². The van der Waals surface area contributed by atoms with Crippen molar-refractivity contribution in [1.82, 2.24) is 10.0 Å². The number of hydrogen-bond donors (Lipinski definition) is 2. The van der Waals surface area contributed by atoms with Gasteiger partial charge >= 0.3 is 0 Å². The summed E-state index contributed by atoms with van der Waals surface area (Å²) in [6.45, 7) is 4.54. The van der Waals surface area contributed by atoms with Gasteiger partial charge in [-0.2, -0.15) is 0 Å². The van der Waals surface area contributed by atoms with Crippen LogP contribution >= 0.6 is 0 Å². The highest BCUT2D eigenvalue weighted by Gasteiger charge is 2.32. The van der Waals surface area contributed by atoms with Gasteiger partial charge in [0.05, 0.1) is 17.5 Å². The van der Waals surface area contributed by atoms with E-state index in [1.54, 1.807) is 18.2 Å². The lowest BCUT2D eigenvalue weighted by Gasteiger charge is -2.22. The van der Waals surface area contributed by atoms with E-state index in [0.29, 0.717) is 6.61 Å². The minimum absolute atomic E-state index is 0.0466. The van der Waals surface area contributed by atoms with E-state index in [1.165, 1.54) is 12.1 Å². The molecule has 0 aromatic heterocycles. The molecule has 2 atom stereocenters. The Morgan fingerprint density at radius 2 is 1.90 bits per heavy atom. The number of hydrogen-bond acceptors (Lipinski definition) is 6. The number of nitrogens with one attached hydrogen (secondary N) is 2. The smallest absolute Gasteiger partial charge is 0.287 e. The monoisotopic (exact) mass is 424 g/mol. The molecule has 8 nitrogen and oxygen atoms in total. The molecule has 9 heteroatoms. The molecule has 0 spiro atoms. The molecule has 160 valence electrons. The van der Waals surface area contributed by atoms with E-state index in [0.717, 1.165) is 0 Å². The molecular weight excluding hydrogens is 396 g/mol. The van der Waals surface area contributed by atoms with Gasteiger partial charge in [0, 0.05) is 25.5 Å². The van der Waals surface area contributed by atoms with Crippen LogP contribution in [0.25, 0.3) is 0 Å². The van der Waals surface area contributed by atoms with Crippen molar-refractivity contribution in [3.63, 3.8) is 0 Å². The van der Waals surface area contributed by atoms with Gasteiger partial charge in [-0.05, 0) is 30.9 Å². The number of carbonyl (C=O) groups is 3. The quantitative estimate of drug-likeness (QED) is 0.603. The number of benzene rings is 1. The Hall–Kier alpha value is -2.10. The lowest BCUT2D eigenvalue weighted by molar-refractivity contribution is -0.141. The van der Waals surface area contributed by atoms with Crippen LogP contribution in [0.15, 0.2) is 35.2 Å². The zero-order valence-electron chi connectivity index (χ0n) is 16.7. The molecule has 1 aromatic carbocycles. The highest BCUT2D eigenvalue weighted by atomic mass is 32.2. The van der Waals surface area contributed by atoms with Crippen molar-refractivity contribution in [1.29, 1.82) is 0 Å². The summed E-state index contributed by atoms with van der Waals surface area (Å²) in [5, 5.41) is 2.46. The third kappa shape index (κ3) is 7.02. The number of Topliss-reactive ketones (excluding diaryl/α,β-unsaturated/α-hetero) is 2. The summed E-state index contributed by atoms with van der Waals surface area (Å²) in [7, 11) is -3.89. The molecule has 1 saturated heterocycles. The van der Waals surface area contributed by atoms with E-state index in [9.17, 15) is 22.8 Å². The molecule has 1 heterocycles. The second kappa shape index (κ2) is 10.6. The summed E-state index contributed by atoms with van der Waals surface area (Å²) >= 11 is 0. The molecule has 0 saturated carbocycles. The van der Waals surface area contributed by atoms with Crippen LogP contribution < -0.4 is 10.0 Å². The molecule has 0 bridgehead atoms. The summed E-state index contributed by atoms with van der Waals surface area (Å²) in [5.74, 6) is -2.61. The van der Waals surface area contributed by atoms with Crippen molar-refractivity contribution in [3.8, 4) is 0 Å². The molecule has 2 rings (SSSR count). The average molecular weight is 425 g/mol. The van der Waals surface area contributed by atoms with E-state index in [1.807, 2.05) is 13.8 Å². The van der Waals surface area contributed by atoms with Gasteiger partial charge < -0.3 is 10.1 Å². The number of amides is 1. The second-order valence-corrected chi connectivity index (χ2v) is 9.22. The van der Waals surface area contributed by atoms with Crippen LogP contribution in [0.2, 0.25) is 0 Å². The molecule has 29 heavy (non-hydrogen) atoms. The zero-order chi connectivity index (χ0) is 21.4. The van der Waals surface area contributed by atoms with Crippen LogP contribution in [-0.4, -0.2) is 51.7 Å². The number of rotatable bonds is 8. The number of ketones is 2. The summed E-state index contributed by atoms with van der Waals surface area (Å²) in [4.78, 5) is 37.3. The minimum atomic E-state index is -3.89. The van der Waals surface area contributed by atoms with Crippen molar-refractivity contribution in [3.05, 3.63) is 30.3 Å². The predicted octanol–water partition coefficient (Wildman–Crippen LogP) is 1.06. The summed E-state index contributed by atoms with van der Waals surface area (Å²) < 4.78 is 33.2. The fraction of sp³-hybridized carbons (Fsp3) is 0.550. The first-order valence-electron chi connectivity index (χ1n) is 9.70. The topological polar surface area (TPSA) is 119 Å².